The maximum Gasteiger partial charge on any atom is 0.336 e. The van der Waals surface area contributed by atoms with E-state index in [9.17, 15) is 23.9 Å². The van der Waals surface area contributed by atoms with E-state index in [1.165, 1.54) is 23.1 Å². The standard InChI is InChI=1S/C40H27FN4O4S/c41-32-17-9-7-13-27(32)23-35-38(47)45(29-14-5-2-6-15-29)40(44-35)50-36(26-11-3-1-4-12-26)37(46)42-28-21-19-25(20-22-28)34-24-31(39(48)49)30-16-8-10-18-33(30)43-34/h1-24,36H,(H,42,46)(H,48,49)/b35-23-. The first-order valence-electron chi connectivity index (χ1n) is 15.6. The molecule has 5 aromatic carbocycles. The molecule has 50 heavy (non-hydrogen) atoms. The third-order valence-corrected chi connectivity index (χ3v) is 9.21. The minimum Gasteiger partial charge on any atom is -0.478 e. The fraction of sp³-hybridized carbons (Fsp3) is 0.0250. The number of hydrogen-bond donors (Lipinski definition) is 2. The summed E-state index contributed by atoms with van der Waals surface area (Å²) in [4.78, 5) is 50.5. The van der Waals surface area contributed by atoms with Crippen molar-refractivity contribution in [1.29, 1.82) is 0 Å². The maximum absolute atomic E-state index is 14.6. The average molecular weight is 679 g/mol. The first kappa shape index (κ1) is 32.2. The zero-order valence-corrected chi connectivity index (χ0v) is 27.1. The molecule has 0 saturated carbocycles. The molecular formula is C40H27FN4O4S. The summed E-state index contributed by atoms with van der Waals surface area (Å²) in [6.07, 6.45) is 1.41. The highest BCUT2D eigenvalue weighted by Crippen LogP contribution is 2.38. The van der Waals surface area contributed by atoms with Gasteiger partial charge in [0.15, 0.2) is 5.17 Å². The summed E-state index contributed by atoms with van der Waals surface area (Å²) in [5.74, 6) is -2.34. The molecule has 1 aromatic heterocycles. The summed E-state index contributed by atoms with van der Waals surface area (Å²) < 4.78 is 14.6. The number of carbonyl (C=O) groups excluding carboxylic acids is 2. The van der Waals surface area contributed by atoms with Crippen LogP contribution in [0, 0.1) is 5.82 Å². The molecule has 2 heterocycles. The minimum absolute atomic E-state index is 0.0395. The molecule has 1 atom stereocenters. The summed E-state index contributed by atoms with van der Waals surface area (Å²) in [5, 5.41) is 12.8. The number of amides is 2. The van der Waals surface area contributed by atoms with Gasteiger partial charge >= 0.3 is 5.97 Å². The van der Waals surface area contributed by atoms with E-state index < -0.39 is 22.9 Å². The Kier molecular flexibility index (Phi) is 9.00. The van der Waals surface area contributed by atoms with E-state index in [2.05, 4.69) is 15.3 Å². The number of para-hydroxylation sites is 2. The molecular weight excluding hydrogens is 652 g/mol. The zero-order valence-electron chi connectivity index (χ0n) is 26.2. The number of thioether (sulfide) groups is 1. The number of carboxylic acids is 1. The molecule has 0 spiro atoms. The van der Waals surface area contributed by atoms with E-state index in [1.807, 2.05) is 36.4 Å². The summed E-state index contributed by atoms with van der Waals surface area (Å²) in [6.45, 7) is 0. The monoisotopic (exact) mass is 678 g/mol. The Bertz CT molecular complexity index is 2310. The van der Waals surface area contributed by atoms with Crippen LogP contribution in [0.4, 0.5) is 15.8 Å². The zero-order chi connectivity index (χ0) is 34.6. The number of carbonyl (C=O) groups is 3. The number of benzene rings is 5. The Balaban J connectivity index is 1.19. The number of amidine groups is 1. The van der Waals surface area contributed by atoms with Crippen molar-refractivity contribution >= 4 is 63.1 Å². The summed E-state index contributed by atoms with van der Waals surface area (Å²) >= 11 is 1.11. The second-order valence-corrected chi connectivity index (χ2v) is 12.3. The van der Waals surface area contributed by atoms with E-state index in [4.69, 9.17) is 0 Å². The predicted molar refractivity (Wildman–Crippen MR) is 195 cm³/mol. The van der Waals surface area contributed by atoms with E-state index in [-0.39, 0.29) is 27.9 Å². The molecule has 0 radical (unpaired) electrons. The number of pyridine rings is 1. The lowest BCUT2D eigenvalue weighted by Crippen LogP contribution is -2.32. The largest absolute Gasteiger partial charge is 0.478 e. The SMILES string of the molecule is O=C(O)c1cc(-c2ccc(NC(=O)C(SC3=N/C(=C\c4ccccc4F)C(=O)N3c3ccccc3)c3ccccc3)cc2)nc2ccccc12. The summed E-state index contributed by atoms with van der Waals surface area (Å²) in [7, 11) is 0. The van der Waals surface area contributed by atoms with Crippen LogP contribution in [0.15, 0.2) is 150 Å². The Morgan fingerprint density at radius 1 is 0.820 bits per heavy atom. The van der Waals surface area contributed by atoms with E-state index in [0.717, 1.165) is 11.8 Å². The normalized spacial score (nSPS) is 14.1. The molecule has 7 rings (SSSR count). The topological polar surface area (TPSA) is 112 Å². The Morgan fingerprint density at radius 3 is 2.20 bits per heavy atom. The van der Waals surface area contributed by atoms with Crippen LogP contribution in [-0.2, 0) is 9.59 Å². The Labute approximate surface area is 290 Å². The van der Waals surface area contributed by atoms with Crippen LogP contribution in [0.3, 0.4) is 0 Å². The number of aromatic carboxylic acids is 1. The summed E-state index contributed by atoms with van der Waals surface area (Å²) in [6, 6.07) is 39.8. The van der Waals surface area contributed by atoms with Gasteiger partial charge in [-0.3, -0.25) is 14.5 Å². The van der Waals surface area contributed by atoms with Crippen LogP contribution in [-0.4, -0.2) is 33.0 Å². The third kappa shape index (κ3) is 6.65. The van der Waals surface area contributed by atoms with Crippen molar-refractivity contribution in [2.24, 2.45) is 4.99 Å². The third-order valence-electron chi connectivity index (χ3n) is 8.00. The van der Waals surface area contributed by atoms with Crippen molar-refractivity contribution in [3.63, 3.8) is 0 Å². The van der Waals surface area contributed by atoms with Crippen molar-refractivity contribution in [3.8, 4) is 11.3 Å². The lowest BCUT2D eigenvalue weighted by atomic mass is 10.0. The van der Waals surface area contributed by atoms with Gasteiger partial charge in [-0.1, -0.05) is 109 Å². The molecule has 2 amide bonds. The van der Waals surface area contributed by atoms with Crippen molar-refractivity contribution in [2.75, 3.05) is 10.2 Å². The average Bonchev–Trinajstić information content (AvgIpc) is 3.45. The van der Waals surface area contributed by atoms with E-state index in [0.29, 0.717) is 39.1 Å². The number of anilines is 2. The number of fused-ring (bicyclic) bond motifs is 1. The minimum atomic E-state index is -1.05. The molecule has 0 saturated heterocycles. The molecule has 6 aromatic rings. The van der Waals surface area contributed by atoms with Gasteiger partial charge in [0, 0.05) is 22.2 Å². The van der Waals surface area contributed by atoms with Gasteiger partial charge in [0.1, 0.15) is 16.8 Å². The highest BCUT2D eigenvalue weighted by Gasteiger charge is 2.36. The van der Waals surface area contributed by atoms with Gasteiger partial charge in [-0.15, -0.1) is 0 Å². The number of nitrogens with zero attached hydrogens (tertiary/aromatic N) is 3. The van der Waals surface area contributed by atoms with Gasteiger partial charge in [0.25, 0.3) is 5.91 Å². The summed E-state index contributed by atoms with van der Waals surface area (Å²) in [5.41, 5.74) is 3.87. The maximum atomic E-state index is 14.6. The molecule has 2 N–H and O–H groups in total. The second kappa shape index (κ2) is 14.0. The van der Waals surface area contributed by atoms with Crippen molar-refractivity contribution in [1.82, 2.24) is 4.98 Å². The van der Waals surface area contributed by atoms with Gasteiger partial charge in [0.2, 0.25) is 5.91 Å². The van der Waals surface area contributed by atoms with Crippen LogP contribution < -0.4 is 10.2 Å². The Morgan fingerprint density at radius 2 is 1.48 bits per heavy atom. The smallest absolute Gasteiger partial charge is 0.336 e. The number of aliphatic imine (C=N–C) groups is 1. The van der Waals surface area contributed by atoms with Crippen LogP contribution in [0.25, 0.3) is 28.2 Å². The fourth-order valence-electron chi connectivity index (χ4n) is 5.56. The van der Waals surface area contributed by atoms with Crippen molar-refractivity contribution in [2.45, 2.75) is 5.25 Å². The number of carboxylic acid groups (broad SMARTS) is 1. The number of nitrogens with one attached hydrogen (secondary N) is 1. The number of aromatic nitrogens is 1. The predicted octanol–water partition coefficient (Wildman–Crippen LogP) is 8.60. The quantitative estimate of drug-likeness (QED) is 0.156. The van der Waals surface area contributed by atoms with Crippen LogP contribution in [0.2, 0.25) is 0 Å². The van der Waals surface area contributed by atoms with Crippen LogP contribution in [0.1, 0.15) is 26.7 Å². The van der Waals surface area contributed by atoms with Crippen LogP contribution in [0.5, 0.6) is 0 Å². The molecule has 0 fully saturated rings. The van der Waals surface area contributed by atoms with E-state index in [1.54, 1.807) is 91.0 Å². The van der Waals surface area contributed by atoms with Crippen molar-refractivity contribution in [3.05, 3.63) is 168 Å². The van der Waals surface area contributed by atoms with Gasteiger partial charge < -0.3 is 10.4 Å². The molecule has 0 bridgehead atoms. The molecule has 8 nitrogen and oxygen atoms in total. The number of rotatable bonds is 8. The lowest BCUT2D eigenvalue weighted by Gasteiger charge is -2.22. The first-order chi connectivity index (χ1) is 24.4. The van der Waals surface area contributed by atoms with E-state index >= 15 is 0 Å². The molecule has 244 valence electrons. The Hall–Kier alpha value is -6.39. The fourth-order valence-corrected chi connectivity index (χ4v) is 6.67. The van der Waals surface area contributed by atoms with Crippen molar-refractivity contribution < 1.29 is 23.9 Å². The van der Waals surface area contributed by atoms with Gasteiger partial charge in [-0.2, -0.15) is 0 Å². The molecule has 10 heteroatoms. The molecule has 1 unspecified atom stereocenters. The molecule has 1 aliphatic heterocycles. The van der Waals surface area contributed by atoms with Crippen LogP contribution >= 0.6 is 11.8 Å². The molecule has 0 aliphatic carbocycles. The highest BCUT2D eigenvalue weighted by atomic mass is 32.2. The lowest BCUT2D eigenvalue weighted by molar-refractivity contribution is -0.116. The molecule has 1 aliphatic rings. The first-order valence-corrected chi connectivity index (χ1v) is 16.4. The second-order valence-electron chi connectivity index (χ2n) is 11.3. The highest BCUT2D eigenvalue weighted by molar-refractivity contribution is 8.15. The number of hydrogen-bond acceptors (Lipinski definition) is 6. The van der Waals surface area contributed by atoms with Gasteiger partial charge in [-0.05, 0) is 54.1 Å². The van der Waals surface area contributed by atoms with Gasteiger partial charge in [-0.25, -0.2) is 19.2 Å². The number of halogens is 1. The van der Waals surface area contributed by atoms with Gasteiger partial charge in [0.05, 0.1) is 22.5 Å².